The highest BCUT2D eigenvalue weighted by Gasteiger charge is 2.21. The van der Waals surface area contributed by atoms with Gasteiger partial charge in [-0.3, -0.25) is 9.10 Å². The predicted molar refractivity (Wildman–Crippen MR) is 115 cm³/mol. The summed E-state index contributed by atoms with van der Waals surface area (Å²) >= 11 is 6.08. The van der Waals surface area contributed by atoms with Crippen molar-refractivity contribution in [2.45, 2.75) is 12.8 Å². The number of carbonyl (C=O) groups excluding carboxylic acids is 2. The molecule has 0 atom stereocenters. The number of ether oxygens (including phenoxy) is 3. The summed E-state index contributed by atoms with van der Waals surface area (Å²) in [5.74, 6) is 0.0782. The Morgan fingerprint density at radius 1 is 1.16 bits per heavy atom. The maximum absolute atomic E-state index is 12.3. The van der Waals surface area contributed by atoms with Gasteiger partial charge in [0.25, 0.3) is 0 Å². The summed E-state index contributed by atoms with van der Waals surface area (Å²) in [5, 5.41) is 2.90. The second kappa shape index (κ2) is 9.44. The molecular formula is C20H21ClN2O7S. The second-order valence-electron chi connectivity index (χ2n) is 6.71. The van der Waals surface area contributed by atoms with Gasteiger partial charge in [0.15, 0.2) is 11.5 Å². The highest BCUT2D eigenvalue weighted by atomic mass is 35.5. The Kier molecular flexibility index (Phi) is 6.91. The topological polar surface area (TPSA) is 111 Å². The first-order valence-corrected chi connectivity index (χ1v) is 11.5. The van der Waals surface area contributed by atoms with Gasteiger partial charge in [0, 0.05) is 19.0 Å². The summed E-state index contributed by atoms with van der Waals surface area (Å²) < 4.78 is 40.9. The van der Waals surface area contributed by atoms with Crippen LogP contribution in [0.2, 0.25) is 5.02 Å². The van der Waals surface area contributed by atoms with Gasteiger partial charge in [-0.2, -0.15) is 0 Å². The number of esters is 1. The number of hydrogen-bond acceptors (Lipinski definition) is 7. The molecule has 1 heterocycles. The first kappa shape index (κ1) is 22.7. The molecule has 1 N–H and O–H groups in total. The molecule has 0 radical (unpaired) electrons. The molecule has 1 aliphatic rings. The van der Waals surface area contributed by atoms with Gasteiger partial charge in [0.1, 0.15) is 0 Å². The zero-order valence-corrected chi connectivity index (χ0v) is 18.5. The lowest BCUT2D eigenvalue weighted by atomic mass is 10.2. The van der Waals surface area contributed by atoms with E-state index < -0.39 is 16.0 Å². The van der Waals surface area contributed by atoms with Gasteiger partial charge in [-0.25, -0.2) is 13.2 Å². The van der Waals surface area contributed by atoms with Crippen LogP contribution in [0.4, 0.5) is 11.4 Å². The number of sulfonamides is 1. The zero-order valence-electron chi connectivity index (χ0n) is 16.9. The monoisotopic (exact) mass is 468 g/mol. The van der Waals surface area contributed by atoms with Crippen molar-refractivity contribution >= 4 is 44.9 Å². The molecule has 0 aliphatic carbocycles. The van der Waals surface area contributed by atoms with Crippen LogP contribution in [0.3, 0.4) is 0 Å². The SMILES string of the molecule is COC(=O)c1ccc(Cl)c(NC(=O)CCCN(c2ccc3c(c2)OCO3)S(C)(=O)=O)c1. The van der Waals surface area contributed by atoms with Crippen molar-refractivity contribution in [3.63, 3.8) is 0 Å². The van der Waals surface area contributed by atoms with Gasteiger partial charge in [-0.15, -0.1) is 0 Å². The predicted octanol–water partition coefficient (Wildman–Crippen LogP) is 3.04. The van der Waals surface area contributed by atoms with E-state index in [1.165, 1.54) is 29.6 Å². The van der Waals surface area contributed by atoms with Gasteiger partial charge >= 0.3 is 5.97 Å². The third kappa shape index (κ3) is 5.59. The lowest BCUT2D eigenvalue weighted by Gasteiger charge is -2.22. The standard InChI is InChI=1S/C20H21ClN2O7S/c1-28-20(25)13-5-7-15(21)16(10-13)22-19(24)4-3-9-23(31(2,26)27)14-6-8-17-18(11-14)30-12-29-17/h5-8,10-11H,3-4,9,12H2,1-2H3,(H,22,24). The van der Waals surface area contributed by atoms with E-state index >= 15 is 0 Å². The second-order valence-corrected chi connectivity index (χ2v) is 9.02. The Hall–Kier alpha value is -2.98. The summed E-state index contributed by atoms with van der Waals surface area (Å²) in [6.45, 7) is 0.166. The Balaban J connectivity index is 1.63. The number of hydrogen-bond donors (Lipinski definition) is 1. The lowest BCUT2D eigenvalue weighted by molar-refractivity contribution is -0.116. The van der Waals surface area contributed by atoms with Crippen LogP contribution in [0.5, 0.6) is 11.5 Å². The molecule has 0 saturated heterocycles. The largest absolute Gasteiger partial charge is 0.465 e. The number of nitrogens with zero attached hydrogens (tertiary/aromatic N) is 1. The molecule has 166 valence electrons. The quantitative estimate of drug-likeness (QED) is 0.592. The van der Waals surface area contributed by atoms with Crippen LogP contribution in [0.1, 0.15) is 23.2 Å². The van der Waals surface area contributed by atoms with Gasteiger partial charge in [0.05, 0.1) is 35.3 Å². The molecule has 1 aliphatic heterocycles. The van der Waals surface area contributed by atoms with Crippen LogP contribution in [-0.2, 0) is 19.6 Å². The van der Waals surface area contributed by atoms with Gasteiger partial charge in [-0.05, 0) is 36.8 Å². The number of benzene rings is 2. The third-order valence-corrected chi connectivity index (χ3v) is 5.99. The molecule has 2 aromatic rings. The summed E-state index contributed by atoms with van der Waals surface area (Å²) in [4.78, 5) is 24.0. The van der Waals surface area contributed by atoms with Crippen LogP contribution in [0.15, 0.2) is 36.4 Å². The molecule has 1 amide bonds. The highest BCUT2D eigenvalue weighted by Crippen LogP contribution is 2.36. The maximum atomic E-state index is 12.3. The van der Waals surface area contributed by atoms with Crippen molar-refractivity contribution in [1.82, 2.24) is 0 Å². The number of fused-ring (bicyclic) bond motifs is 1. The number of methoxy groups -OCH3 is 1. The van der Waals surface area contributed by atoms with Crippen molar-refractivity contribution in [2.24, 2.45) is 0 Å². The number of rotatable bonds is 8. The number of anilines is 2. The molecule has 0 fully saturated rings. The number of amides is 1. The van der Waals surface area contributed by atoms with Crippen molar-refractivity contribution in [3.8, 4) is 11.5 Å². The highest BCUT2D eigenvalue weighted by molar-refractivity contribution is 7.92. The van der Waals surface area contributed by atoms with Crippen LogP contribution >= 0.6 is 11.6 Å². The van der Waals surface area contributed by atoms with Crippen LogP contribution in [0, 0.1) is 0 Å². The summed E-state index contributed by atoms with van der Waals surface area (Å²) in [6, 6.07) is 9.22. The molecule has 0 saturated carbocycles. The summed E-state index contributed by atoms with van der Waals surface area (Å²) in [7, 11) is -2.33. The minimum absolute atomic E-state index is 0.0371. The average molecular weight is 469 g/mol. The van der Waals surface area contributed by atoms with E-state index in [4.69, 9.17) is 21.1 Å². The molecule has 3 rings (SSSR count). The minimum atomic E-state index is -3.58. The number of nitrogens with one attached hydrogen (secondary N) is 1. The number of carbonyl (C=O) groups is 2. The van der Waals surface area contributed by atoms with Crippen LogP contribution in [0.25, 0.3) is 0 Å². The van der Waals surface area contributed by atoms with Crippen LogP contribution in [-0.4, -0.2) is 47.0 Å². The fourth-order valence-electron chi connectivity index (χ4n) is 2.99. The van der Waals surface area contributed by atoms with E-state index in [1.54, 1.807) is 18.2 Å². The first-order valence-electron chi connectivity index (χ1n) is 9.24. The average Bonchev–Trinajstić information content (AvgIpc) is 3.19. The summed E-state index contributed by atoms with van der Waals surface area (Å²) in [6.07, 6.45) is 1.38. The Morgan fingerprint density at radius 3 is 2.61 bits per heavy atom. The van der Waals surface area contributed by atoms with Gasteiger partial charge < -0.3 is 19.5 Å². The molecule has 31 heavy (non-hydrogen) atoms. The van der Waals surface area contributed by atoms with Crippen molar-refractivity contribution in [3.05, 3.63) is 47.0 Å². The fraction of sp³-hybridized carbons (Fsp3) is 0.300. The fourth-order valence-corrected chi connectivity index (χ4v) is 4.11. The minimum Gasteiger partial charge on any atom is -0.465 e. The molecule has 0 bridgehead atoms. The Bertz CT molecular complexity index is 1100. The van der Waals surface area contributed by atoms with Gasteiger partial charge in [0.2, 0.25) is 22.7 Å². The van der Waals surface area contributed by atoms with E-state index in [0.717, 1.165) is 6.26 Å². The van der Waals surface area contributed by atoms with E-state index in [1.807, 2.05) is 0 Å². The number of halogens is 1. The molecule has 0 spiro atoms. The molecule has 0 aromatic heterocycles. The van der Waals surface area contributed by atoms with E-state index in [9.17, 15) is 18.0 Å². The maximum Gasteiger partial charge on any atom is 0.337 e. The summed E-state index contributed by atoms with van der Waals surface area (Å²) in [5.41, 5.74) is 0.930. The molecule has 11 heteroatoms. The smallest absolute Gasteiger partial charge is 0.337 e. The van der Waals surface area contributed by atoms with E-state index in [2.05, 4.69) is 10.1 Å². The Labute approximate surface area is 184 Å². The molecule has 9 nitrogen and oxygen atoms in total. The van der Waals surface area contributed by atoms with Crippen molar-refractivity contribution in [2.75, 3.05) is 36.3 Å². The Morgan fingerprint density at radius 2 is 1.90 bits per heavy atom. The molecular weight excluding hydrogens is 448 g/mol. The van der Waals surface area contributed by atoms with E-state index in [0.29, 0.717) is 17.2 Å². The van der Waals surface area contributed by atoms with Gasteiger partial charge in [-0.1, -0.05) is 11.6 Å². The van der Waals surface area contributed by atoms with E-state index in [-0.39, 0.29) is 48.4 Å². The van der Waals surface area contributed by atoms with Crippen molar-refractivity contribution < 1.29 is 32.2 Å². The molecule has 2 aromatic carbocycles. The van der Waals surface area contributed by atoms with Crippen molar-refractivity contribution in [1.29, 1.82) is 0 Å². The third-order valence-electron chi connectivity index (χ3n) is 4.47. The first-order chi connectivity index (χ1) is 14.7. The zero-order chi connectivity index (χ0) is 22.6. The lowest BCUT2D eigenvalue weighted by Crippen LogP contribution is -2.31. The van der Waals surface area contributed by atoms with Crippen LogP contribution < -0.4 is 19.1 Å². The molecule has 0 unspecified atom stereocenters. The normalized spacial score (nSPS) is 12.4.